The highest BCUT2D eigenvalue weighted by Crippen LogP contribution is 2.38. The van der Waals surface area contributed by atoms with Crippen molar-refractivity contribution in [3.8, 4) is 5.75 Å². The number of carbonyl (C=O) groups is 1. The fraction of sp³-hybridized carbons (Fsp3) is 0.133. The number of aliphatic carboxylic acids is 1. The molecule has 0 amide bonds. The van der Waals surface area contributed by atoms with E-state index in [9.17, 15) is 18.0 Å². The van der Waals surface area contributed by atoms with Gasteiger partial charge >= 0.3 is 12.1 Å². The van der Waals surface area contributed by atoms with Crippen LogP contribution in [0.2, 0.25) is 0 Å². The van der Waals surface area contributed by atoms with Gasteiger partial charge in [-0.15, -0.1) is 0 Å². The third kappa shape index (κ3) is 2.33. The maximum Gasteiger partial charge on any atom is 0.417 e. The summed E-state index contributed by atoms with van der Waals surface area (Å²) in [5, 5.41) is 9.35. The zero-order valence-electron chi connectivity index (χ0n) is 10.6. The predicted octanol–water partition coefficient (Wildman–Crippen LogP) is 3.72. The number of carboxylic acids is 1. The Morgan fingerprint density at radius 2 is 2.00 bits per heavy atom. The monoisotopic (exact) mass is 294 g/mol. The smallest absolute Gasteiger partial charge is 0.417 e. The minimum atomic E-state index is -4.47. The van der Waals surface area contributed by atoms with Crippen LogP contribution in [0.15, 0.2) is 35.9 Å². The van der Waals surface area contributed by atoms with Gasteiger partial charge in [-0.05, 0) is 35.0 Å². The van der Waals surface area contributed by atoms with E-state index in [1.165, 1.54) is 24.3 Å². The van der Waals surface area contributed by atoms with Crippen LogP contribution in [0, 0.1) is 0 Å². The second kappa shape index (κ2) is 4.51. The fourth-order valence-corrected chi connectivity index (χ4v) is 2.31. The van der Waals surface area contributed by atoms with Crippen molar-refractivity contribution < 1.29 is 27.8 Å². The maximum absolute atomic E-state index is 13.0. The van der Waals surface area contributed by atoms with E-state index >= 15 is 0 Å². The van der Waals surface area contributed by atoms with Crippen LogP contribution in [0.4, 0.5) is 13.2 Å². The van der Waals surface area contributed by atoms with Gasteiger partial charge in [0.1, 0.15) is 12.4 Å². The lowest BCUT2D eigenvalue weighted by molar-refractivity contribution is -0.136. The van der Waals surface area contributed by atoms with E-state index in [2.05, 4.69) is 0 Å². The molecule has 1 aliphatic rings. The Balaban J connectivity index is 2.26. The maximum atomic E-state index is 13.0. The van der Waals surface area contributed by atoms with Crippen molar-refractivity contribution in [2.75, 3.05) is 6.61 Å². The molecule has 1 N–H and O–H groups in total. The van der Waals surface area contributed by atoms with Crippen molar-refractivity contribution in [2.24, 2.45) is 0 Å². The van der Waals surface area contributed by atoms with Gasteiger partial charge in [-0.2, -0.15) is 13.2 Å². The van der Waals surface area contributed by atoms with Gasteiger partial charge in [-0.25, -0.2) is 4.79 Å². The third-order valence-corrected chi connectivity index (χ3v) is 3.30. The average molecular weight is 294 g/mol. The highest BCUT2D eigenvalue weighted by molar-refractivity contribution is 5.96. The first-order valence-electron chi connectivity index (χ1n) is 6.07. The largest absolute Gasteiger partial charge is 0.488 e. The first-order valence-corrected chi connectivity index (χ1v) is 6.07. The number of hydrogen-bond acceptors (Lipinski definition) is 2. The molecule has 0 fully saturated rings. The summed E-state index contributed by atoms with van der Waals surface area (Å²) in [4.78, 5) is 10.9. The molecule has 3 rings (SSSR count). The first-order chi connectivity index (χ1) is 9.86. The molecule has 108 valence electrons. The molecular weight excluding hydrogens is 285 g/mol. The Morgan fingerprint density at radius 1 is 1.24 bits per heavy atom. The molecule has 0 radical (unpaired) electrons. The second-order valence-corrected chi connectivity index (χ2v) is 4.68. The van der Waals surface area contributed by atoms with Crippen molar-refractivity contribution in [3.63, 3.8) is 0 Å². The summed E-state index contributed by atoms with van der Waals surface area (Å²) in [5.41, 5.74) is -0.409. The highest BCUT2D eigenvalue weighted by Gasteiger charge is 2.32. The normalized spacial score (nSPS) is 14.3. The zero-order valence-corrected chi connectivity index (χ0v) is 10.6. The average Bonchev–Trinajstić information content (AvgIpc) is 2.42. The fourth-order valence-electron chi connectivity index (χ4n) is 2.31. The quantitative estimate of drug-likeness (QED) is 0.872. The summed E-state index contributed by atoms with van der Waals surface area (Å²) in [6, 6.07) is 6.70. The van der Waals surface area contributed by atoms with Crippen molar-refractivity contribution in [1.82, 2.24) is 0 Å². The van der Waals surface area contributed by atoms with Crippen molar-refractivity contribution in [3.05, 3.63) is 47.0 Å². The first kappa shape index (κ1) is 13.5. The molecule has 21 heavy (non-hydrogen) atoms. The Morgan fingerprint density at radius 3 is 2.67 bits per heavy atom. The van der Waals surface area contributed by atoms with Gasteiger partial charge in [0.2, 0.25) is 0 Å². The predicted molar refractivity (Wildman–Crippen MR) is 70.1 cm³/mol. The zero-order chi connectivity index (χ0) is 15.2. The third-order valence-electron chi connectivity index (χ3n) is 3.30. The number of benzene rings is 2. The summed E-state index contributed by atoms with van der Waals surface area (Å²) >= 11 is 0. The van der Waals surface area contributed by atoms with Gasteiger partial charge in [0.05, 0.1) is 11.1 Å². The number of ether oxygens (including phenoxy) is 1. The molecule has 6 heteroatoms. The van der Waals surface area contributed by atoms with Crippen LogP contribution in [-0.2, 0) is 11.0 Å². The van der Waals surface area contributed by atoms with E-state index in [1.54, 1.807) is 6.07 Å². The van der Waals surface area contributed by atoms with Gasteiger partial charge in [0.15, 0.2) is 0 Å². The molecule has 0 saturated heterocycles. The van der Waals surface area contributed by atoms with Crippen LogP contribution in [0.3, 0.4) is 0 Å². The molecule has 2 aromatic carbocycles. The van der Waals surface area contributed by atoms with Crippen molar-refractivity contribution in [1.29, 1.82) is 0 Å². The lowest BCUT2D eigenvalue weighted by Crippen LogP contribution is -2.14. The van der Waals surface area contributed by atoms with E-state index in [0.717, 1.165) is 6.07 Å². The molecule has 3 nitrogen and oxygen atoms in total. The lowest BCUT2D eigenvalue weighted by atomic mass is 9.98. The van der Waals surface area contributed by atoms with Crippen molar-refractivity contribution in [2.45, 2.75) is 6.18 Å². The summed E-state index contributed by atoms with van der Waals surface area (Å²) in [5.74, 6) is -0.767. The van der Waals surface area contributed by atoms with Gasteiger partial charge < -0.3 is 9.84 Å². The molecule has 1 aliphatic heterocycles. The number of fused-ring (bicyclic) bond motifs is 2. The number of halogens is 3. The second-order valence-electron chi connectivity index (χ2n) is 4.68. The molecule has 0 spiro atoms. The number of rotatable bonds is 1. The molecule has 0 aromatic heterocycles. The van der Waals surface area contributed by atoms with Gasteiger partial charge in [0, 0.05) is 5.56 Å². The Bertz CT molecular complexity index is 776. The summed E-state index contributed by atoms with van der Waals surface area (Å²) in [6.45, 7) is -0.104. The summed E-state index contributed by atoms with van der Waals surface area (Å²) < 4.78 is 44.3. The number of hydrogen-bond donors (Lipinski definition) is 1. The van der Waals surface area contributed by atoms with E-state index in [1.807, 2.05) is 0 Å². The van der Waals surface area contributed by atoms with Gasteiger partial charge in [-0.1, -0.05) is 12.1 Å². The van der Waals surface area contributed by atoms with Gasteiger partial charge in [0.25, 0.3) is 0 Å². The SMILES string of the molecule is O=C(O)C1=Cc2cc3c(C(F)(F)F)cccc3cc2OC1. The van der Waals surface area contributed by atoms with Crippen LogP contribution in [0.5, 0.6) is 5.75 Å². The Hall–Kier alpha value is -2.50. The minimum Gasteiger partial charge on any atom is -0.488 e. The minimum absolute atomic E-state index is 0.00587. The lowest BCUT2D eigenvalue weighted by Gasteiger charge is -2.18. The summed E-state index contributed by atoms with van der Waals surface area (Å²) in [7, 11) is 0. The van der Waals surface area contributed by atoms with Crippen LogP contribution in [0.1, 0.15) is 11.1 Å². The molecule has 0 aliphatic carbocycles. The summed E-state index contributed by atoms with van der Waals surface area (Å²) in [6.07, 6.45) is -3.13. The van der Waals surface area contributed by atoms with Gasteiger partial charge in [-0.3, -0.25) is 0 Å². The molecule has 2 aromatic rings. The van der Waals surface area contributed by atoms with Crippen molar-refractivity contribution >= 4 is 22.8 Å². The number of alkyl halides is 3. The molecule has 0 atom stereocenters. The molecule has 0 bridgehead atoms. The number of carboxylic acid groups (broad SMARTS) is 1. The standard InChI is InChI=1S/C15H9F3O3/c16-15(17,18)12-3-1-2-8-6-13-9(5-11(8)12)4-10(7-21-13)14(19)20/h1-6H,7H2,(H,19,20). The molecule has 0 unspecified atom stereocenters. The molecule has 0 saturated carbocycles. The Kier molecular flexibility index (Phi) is 2.90. The van der Waals surface area contributed by atoms with E-state index < -0.39 is 17.7 Å². The molecular formula is C15H9F3O3. The topological polar surface area (TPSA) is 46.5 Å². The molecule has 1 heterocycles. The van der Waals surface area contributed by atoms with Crippen LogP contribution in [0.25, 0.3) is 16.8 Å². The van der Waals surface area contributed by atoms with Crippen LogP contribution in [-0.4, -0.2) is 17.7 Å². The van der Waals surface area contributed by atoms with E-state index in [-0.39, 0.29) is 17.6 Å². The van der Waals surface area contributed by atoms with Crippen LogP contribution >= 0.6 is 0 Å². The Labute approximate surface area is 117 Å². The highest BCUT2D eigenvalue weighted by atomic mass is 19.4. The van der Waals surface area contributed by atoms with E-state index in [4.69, 9.17) is 9.84 Å². The van der Waals surface area contributed by atoms with Crippen LogP contribution < -0.4 is 4.74 Å². The van der Waals surface area contributed by atoms with E-state index in [0.29, 0.717) is 16.7 Å².